The molecule has 1 amide bonds. The van der Waals surface area contributed by atoms with Crippen molar-refractivity contribution >= 4 is 18.1 Å². The van der Waals surface area contributed by atoms with Gasteiger partial charge in [0.15, 0.2) is 12.1 Å². The van der Waals surface area contributed by atoms with Gasteiger partial charge in [0.2, 0.25) is 10.7 Å². The van der Waals surface area contributed by atoms with E-state index in [-0.39, 0.29) is 12.6 Å². The standard InChI is InChI=1S/C21H30N4O6S/c1-11(2)24-16(10-30-14-8-6-5-7-12(14)3)23-25(21(24)32)20-17(22-13(4)27)19(29)18(28)15(9-26)31-20/h5-8,11,15,17-20,26,28-29H,9-10H2,1-4H3,(H,22,27)/t15-,17+,18+,19-,20-/m0/s1. The van der Waals surface area contributed by atoms with Crippen molar-refractivity contribution in [3.63, 3.8) is 0 Å². The Morgan fingerprint density at radius 1 is 1.31 bits per heavy atom. The number of aromatic nitrogens is 3. The van der Waals surface area contributed by atoms with Crippen LogP contribution in [0.2, 0.25) is 0 Å². The van der Waals surface area contributed by atoms with E-state index in [1.807, 2.05) is 45.0 Å². The third-order valence-corrected chi connectivity index (χ3v) is 5.76. The van der Waals surface area contributed by atoms with Crippen LogP contribution in [0, 0.1) is 11.7 Å². The maximum Gasteiger partial charge on any atom is 0.217 e. The predicted molar refractivity (Wildman–Crippen MR) is 118 cm³/mol. The summed E-state index contributed by atoms with van der Waals surface area (Å²) in [5.41, 5.74) is 0.978. The number of aliphatic hydroxyl groups is 3. The van der Waals surface area contributed by atoms with Crippen LogP contribution >= 0.6 is 12.2 Å². The molecule has 5 atom stereocenters. The number of nitrogens with zero attached hydrogens (tertiary/aromatic N) is 3. The Labute approximate surface area is 191 Å². The van der Waals surface area contributed by atoms with Gasteiger partial charge in [-0.3, -0.25) is 9.36 Å². The topological polar surface area (TPSA) is 131 Å². The number of carbonyl (C=O) groups is 1. The van der Waals surface area contributed by atoms with E-state index in [0.717, 1.165) is 5.56 Å². The van der Waals surface area contributed by atoms with Crippen LogP contribution in [0.5, 0.6) is 5.75 Å². The third-order valence-electron chi connectivity index (χ3n) is 5.38. The highest BCUT2D eigenvalue weighted by molar-refractivity contribution is 7.71. The molecule has 1 aliphatic heterocycles. The molecule has 176 valence electrons. The smallest absolute Gasteiger partial charge is 0.217 e. The summed E-state index contributed by atoms with van der Waals surface area (Å²) in [6.45, 7) is 6.73. The van der Waals surface area contributed by atoms with E-state index >= 15 is 0 Å². The summed E-state index contributed by atoms with van der Waals surface area (Å²) in [4.78, 5) is 11.8. The maximum absolute atomic E-state index is 11.8. The van der Waals surface area contributed by atoms with Gasteiger partial charge in [-0.05, 0) is 44.6 Å². The number of para-hydroxylation sites is 1. The van der Waals surface area contributed by atoms with E-state index in [0.29, 0.717) is 16.3 Å². The van der Waals surface area contributed by atoms with Gasteiger partial charge in [-0.15, -0.1) is 0 Å². The monoisotopic (exact) mass is 466 g/mol. The zero-order valence-corrected chi connectivity index (χ0v) is 19.3. The molecule has 1 aromatic carbocycles. The highest BCUT2D eigenvalue weighted by atomic mass is 32.1. The molecule has 11 heteroatoms. The number of hydrogen-bond donors (Lipinski definition) is 4. The first-order valence-electron chi connectivity index (χ1n) is 10.4. The first kappa shape index (κ1) is 24.3. The molecule has 0 spiro atoms. The second-order valence-corrected chi connectivity index (χ2v) is 8.48. The van der Waals surface area contributed by atoms with Crippen molar-refractivity contribution in [2.24, 2.45) is 0 Å². The number of amides is 1. The lowest BCUT2D eigenvalue weighted by Gasteiger charge is -2.42. The van der Waals surface area contributed by atoms with E-state index in [4.69, 9.17) is 21.7 Å². The van der Waals surface area contributed by atoms with Crippen LogP contribution in [0.1, 0.15) is 44.4 Å². The Hall–Kier alpha value is -2.31. The molecular weight excluding hydrogens is 436 g/mol. The lowest BCUT2D eigenvalue weighted by molar-refractivity contribution is -0.219. The normalized spacial score (nSPS) is 25.7. The van der Waals surface area contributed by atoms with Crippen LogP contribution in [0.25, 0.3) is 0 Å². The summed E-state index contributed by atoms with van der Waals surface area (Å²) in [6.07, 6.45) is -4.90. The van der Waals surface area contributed by atoms with Gasteiger partial charge in [0.1, 0.15) is 36.7 Å². The summed E-state index contributed by atoms with van der Waals surface area (Å²) in [6, 6.07) is 6.52. The first-order chi connectivity index (χ1) is 15.1. The van der Waals surface area contributed by atoms with E-state index in [2.05, 4.69) is 10.4 Å². The van der Waals surface area contributed by atoms with Gasteiger partial charge in [0.25, 0.3) is 0 Å². The Bertz CT molecular complexity index is 1010. The summed E-state index contributed by atoms with van der Waals surface area (Å²) in [5, 5.41) is 37.7. The molecule has 1 aliphatic rings. The van der Waals surface area contributed by atoms with E-state index in [9.17, 15) is 20.1 Å². The van der Waals surface area contributed by atoms with Crippen LogP contribution in [0.3, 0.4) is 0 Å². The zero-order valence-electron chi connectivity index (χ0n) is 18.5. The van der Waals surface area contributed by atoms with Gasteiger partial charge in [-0.2, -0.15) is 5.10 Å². The summed E-state index contributed by atoms with van der Waals surface area (Å²) in [7, 11) is 0. The van der Waals surface area contributed by atoms with Crippen molar-refractivity contribution in [2.45, 2.75) is 70.9 Å². The number of rotatable bonds is 7. The van der Waals surface area contributed by atoms with Crippen molar-refractivity contribution in [3.8, 4) is 5.75 Å². The minimum atomic E-state index is -1.40. The van der Waals surface area contributed by atoms with Gasteiger partial charge in [0, 0.05) is 13.0 Å². The fourth-order valence-electron chi connectivity index (χ4n) is 3.78. The number of benzene rings is 1. The second-order valence-electron chi connectivity index (χ2n) is 8.12. The molecule has 0 unspecified atom stereocenters. The quantitative estimate of drug-likeness (QED) is 0.445. The lowest BCUT2D eigenvalue weighted by atomic mass is 9.96. The molecule has 0 bridgehead atoms. The van der Waals surface area contributed by atoms with E-state index < -0.39 is 43.1 Å². The highest BCUT2D eigenvalue weighted by Gasteiger charge is 2.46. The number of hydrogen-bond acceptors (Lipinski definition) is 8. The largest absolute Gasteiger partial charge is 0.485 e. The van der Waals surface area contributed by atoms with Gasteiger partial charge < -0.3 is 30.1 Å². The van der Waals surface area contributed by atoms with E-state index in [1.165, 1.54) is 11.6 Å². The van der Waals surface area contributed by atoms with Gasteiger partial charge in [-0.25, -0.2) is 4.68 Å². The van der Waals surface area contributed by atoms with Gasteiger partial charge >= 0.3 is 0 Å². The summed E-state index contributed by atoms with van der Waals surface area (Å²) in [5.74, 6) is 0.821. The molecule has 0 radical (unpaired) electrons. The highest BCUT2D eigenvalue weighted by Crippen LogP contribution is 2.29. The van der Waals surface area contributed by atoms with Crippen molar-refractivity contribution in [3.05, 3.63) is 40.4 Å². The van der Waals surface area contributed by atoms with E-state index in [1.54, 1.807) is 4.57 Å². The van der Waals surface area contributed by atoms with Crippen LogP contribution in [-0.2, 0) is 16.1 Å². The molecule has 3 rings (SSSR count). The molecule has 1 saturated heterocycles. The Morgan fingerprint density at radius 3 is 2.59 bits per heavy atom. The van der Waals surface area contributed by atoms with Crippen LogP contribution in [0.4, 0.5) is 0 Å². The third kappa shape index (κ3) is 4.86. The molecule has 0 saturated carbocycles. The average Bonchev–Trinajstić information content (AvgIpc) is 3.07. The lowest BCUT2D eigenvalue weighted by Crippen LogP contribution is -2.62. The first-order valence-corrected chi connectivity index (χ1v) is 10.8. The molecule has 2 aromatic rings. The van der Waals surface area contributed by atoms with Crippen molar-refractivity contribution in [1.29, 1.82) is 0 Å². The number of nitrogens with one attached hydrogen (secondary N) is 1. The molecule has 10 nitrogen and oxygen atoms in total. The van der Waals surface area contributed by atoms with Gasteiger partial charge in [0.05, 0.1) is 6.61 Å². The summed E-state index contributed by atoms with van der Waals surface area (Å²) < 4.78 is 15.3. The van der Waals surface area contributed by atoms with Gasteiger partial charge in [-0.1, -0.05) is 18.2 Å². The number of ether oxygens (including phenoxy) is 2. The maximum atomic E-state index is 11.8. The Balaban J connectivity index is 1.99. The van der Waals surface area contributed by atoms with Crippen LogP contribution < -0.4 is 10.1 Å². The Kier molecular flexibility index (Phi) is 7.67. The fourth-order valence-corrected chi connectivity index (χ4v) is 4.24. The Morgan fingerprint density at radius 2 is 2.00 bits per heavy atom. The molecule has 0 aliphatic carbocycles. The number of aliphatic hydroxyl groups excluding tert-OH is 3. The van der Waals surface area contributed by atoms with Crippen LogP contribution in [-0.4, -0.2) is 66.5 Å². The minimum absolute atomic E-state index is 0.0568. The second kappa shape index (κ2) is 10.1. The SMILES string of the molecule is CC(=O)N[C@@H]1[C@H](O)[C@H](O)[C@H](CO)O[C@@H]1n1nc(COc2ccccc2C)n(C(C)C)c1=S. The summed E-state index contributed by atoms with van der Waals surface area (Å²) >= 11 is 5.64. The molecule has 1 fully saturated rings. The number of aryl methyl sites for hydroxylation is 1. The van der Waals surface area contributed by atoms with Crippen molar-refractivity contribution < 1.29 is 29.6 Å². The van der Waals surface area contributed by atoms with Crippen LogP contribution in [0.15, 0.2) is 24.3 Å². The molecule has 4 N–H and O–H groups in total. The molecule has 32 heavy (non-hydrogen) atoms. The van der Waals surface area contributed by atoms with Crippen molar-refractivity contribution in [1.82, 2.24) is 19.7 Å². The molecule has 1 aromatic heterocycles. The molecular formula is C21H30N4O6S. The fraction of sp³-hybridized carbons (Fsp3) is 0.571. The predicted octanol–water partition coefficient (Wildman–Crippen LogP) is 0.999. The minimum Gasteiger partial charge on any atom is -0.485 e. The average molecular weight is 467 g/mol. The number of carbonyl (C=O) groups excluding carboxylic acids is 1. The zero-order chi connectivity index (χ0) is 23.6. The molecule has 2 heterocycles. The van der Waals surface area contributed by atoms with Crippen molar-refractivity contribution in [2.75, 3.05) is 6.61 Å².